The Balaban J connectivity index is 1.97. The molecule has 3 aromatic rings. The maximum absolute atomic E-state index is 12.7. The van der Waals surface area contributed by atoms with E-state index in [1.54, 1.807) is 19.1 Å². The number of ether oxygens (including phenoxy) is 1. The molecule has 4 nitrogen and oxygen atoms in total. The van der Waals surface area contributed by atoms with E-state index in [-0.39, 0.29) is 12.5 Å². The molecular formula is C24H25NO3S. The predicted octanol–water partition coefficient (Wildman–Crippen LogP) is 6.02. The molecule has 0 aliphatic rings. The number of carbonyl (C=O) groups is 2. The van der Waals surface area contributed by atoms with Gasteiger partial charge in [-0.25, -0.2) is 4.79 Å². The molecule has 0 bridgehead atoms. The van der Waals surface area contributed by atoms with Gasteiger partial charge in [0.2, 0.25) is 0 Å². The van der Waals surface area contributed by atoms with Crippen molar-refractivity contribution in [2.75, 3.05) is 11.9 Å². The molecule has 2 aromatic carbocycles. The summed E-state index contributed by atoms with van der Waals surface area (Å²) in [4.78, 5) is 25.4. The lowest BCUT2D eigenvalue weighted by Gasteiger charge is -2.10. The molecule has 0 spiro atoms. The molecule has 1 heterocycles. The summed E-state index contributed by atoms with van der Waals surface area (Å²) < 4.78 is 5.28. The lowest BCUT2D eigenvalue weighted by molar-refractivity contribution is 0.0529. The number of carbonyl (C=O) groups excluding carboxylic acids is 2. The third kappa shape index (κ3) is 4.57. The van der Waals surface area contributed by atoms with Gasteiger partial charge in [-0.05, 0) is 61.6 Å². The van der Waals surface area contributed by atoms with Crippen LogP contribution in [0.5, 0.6) is 0 Å². The molecule has 150 valence electrons. The smallest absolute Gasteiger partial charge is 0.341 e. The normalized spacial score (nSPS) is 10.6. The molecule has 3 rings (SSSR count). The van der Waals surface area contributed by atoms with E-state index in [1.807, 2.05) is 36.6 Å². The average molecular weight is 408 g/mol. The Labute approximate surface area is 175 Å². The van der Waals surface area contributed by atoms with Crippen LogP contribution in [0, 0.1) is 13.8 Å². The fourth-order valence-corrected chi connectivity index (χ4v) is 4.00. The number of benzene rings is 2. The quantitative estimate of drug-likeness (QED) is 0.508. The molecule has 0 aliphatic heterocycles. The summed E-state index contributed by atoms with van der Waals surface area (Å²) >= 11 is 1.33. The Bertz CT molecular complexity index is 1030. The molecule has 0 aliphatic carbocycles. The van der Waals surface area contributed by atoms with Gasteiger partial charge in [0.25, 0.3) is 5.91 Å². The number of thiophene rings is 1. The van der Waals surface area contributed by atoms with E-state index in [0.29, 0.717) is 16.1 Å². The second-order valence-electron chi connectivity index (χ2n) is 6.88. The molecule has 0 fully saturated rings. The van der Waals surface area contributed by atoms with Gasteiger partial charge in [-0.15, -0.1) is 11.3 Å². The fourth-order valence-electron chi connectivity index (χ4n) is 3.04. The van der Waals surface area contributed by atoms with Crippen molar-refractivity contribution in [3.63, 3.8) is 0 Å². The molecule has 0 atom stereocenters. The highest BCUT2D eigenvalue weighted by atomic mass is 32.1. The van der Waals surface area contributed by atoms with Crippen molar-refractivity contribution in [1.29, 1.82) is 0 Å². The van der Waals surface area contributed by atoms with Gasteiger partial charge in [-0.1, -0.05) is 37.3 Å². The Morgan fingerprint density at radius 1 is 1.00 bits per heavy atom. The molecule has 0 saturated carbocycles. The number of rotatable bonds is 6. The average Bonchev–Trinajstić information content (AvgIpc) is 3.13. The lowest BCUT2D eigenvalue weighted by Crippen LogP contribution is -2.14. The summed E-state index contributed by atoms with van der Waals surface area (Å²) in [5, 5.41) is 5.29. The van der Waals surface area contributed by atoms with Crippen LogP contribution >= 0.6 is 11.3 Å². The summed E-state index contributed by atoms with van der Waals surface area (Å²) in [5.41, 5.74) is 6.16. The van der Waals surface area contributed by atoms with Gasteiger partial charge in [-0.3, -0.25) is 4.79 Å². The van der Waals surface area contributed by atoms with Gasteiger partial charge in [-0.2, -0.15) is 0 Å². The number of anilines is 1. The second kappa shape index (κ2) is 9.05. The lowest BCUT2D eigenvalue weighted by atomic mass is 9.99. The van der Waals surface area contributed by atoms with Crippen LogP contribution in [-0.2, 0) is 11.2 Å². The van der Waals surface area contributed by atoms with Crippen molar-refractivity contribution in [3.8, 4) is 11.1 Å². The number of aryl methyl sites for hydroxylation is 3. The highest BCUT2D eigenvalue weighted by Gasteiger charge is 2.23. The Kier molecular flexibility index (Phi) is 6.49. The number of nitrogens with one attached hydrogen (secondary N) is 1. The Hall–Kier alpha value is -2.92. The third-order valence-electron chi connectivity index (χ3n) is 4.94. The number of hydrogen-bond acceptors (Lipinski definition) is 4. The zero-order valence-electron chi connectivity index (χ0n) is 17.2. The summed E-state index contributed by atoms with van der Waals surface area (Å²) in [7, 11) is 0. The van der Waals surface area contributed by atoms with Gasteiger partial charge in [0, 0.05) is 16.5 Å². The van der Waals surface area contributed by atoms with Crippen LogP contribution in [0.25, 0.3) is 11.1 Å². The van der Waals surface area contributed by atoms with E-state index in [2.05, 4.69) is 25.2 Å². The van der Waals surface area contributed by atoms with Gasteiger partial charge >= 0.3 is 5.97 Å². The molecule has 0 saturated heterocycles. The molecule has 0 radical (unpaired) electrons. The second-order valence-corrected chi connectivity index (χ2v) is 7.76. The van der Waals surface area contributed by atoms with Crippen molar-refractivity contribution >= 4 is 28.2 Å². The van der Waals surface area contributed by atoms with E-state index in [4.69, 9.17) is 4.74 Å². The summed E-state index contributed by atoms with van der Waals surface area (Å²) in [5.74, 6) is -0.676. The van der Waals surface area contributed by atoms with Crippen molar-refractivity contribution < 1.29 is 14.3 Å². The van der Waals surface area contributed by atoms with Gasteiger partial charge in [0.15, 0.2) is 0 Å². The van der Waals surface area contributed by atoms with E-state index in [1.165, 1.54) is 22.5 Å². The monoisotopic (exact) mass is 407 g/mol. The topological polar surface area (TPSA) is 55.4 Å². The maximum atomic E-state index is 12.7. The minimum Gasteiger partial charge on any atom is -0.462 e. The van der Waals surface area contributed by atoms with E-state index >= 15 is 0 Å². The van der Waals surface area contributed by atoms with Crippen molar-refractivity contribution in [3.05, 3.63) is 75.7 Å². The van der Waals surface area contributed by atoms with Crippen molar-refractivity contribution in [1.82, 2.24) is 0 Å². The molecule has 0 unspecified atom stereocenters. The van der Waals surface area contributed by atoms with Crippen LogP contribution in [0.1, 0.15) is 51.3 Å². The first kappa shape index (κ1) is 20.8. The standard InChI is InChI=1S/C24H25NO3S/c1-5-17-8-11-18(12-9-17)22(26)25-23-21(24(27)28-6-2)20(14-29-23)19-10-7-15(3)16(4)13-19/h7-14H,5-6H2,1-4H3,(H,25,26). The van der Waals surface area contributed by atoms with Crippen LogP contribution in [0.2, 0.25) is 0 Å². The van der Waals surface area contributed by atoms with Crippen LogP contribution in [0.4, 0.5) is 5.00 Å². The SMILES string of the molecule is CCOC(=O)c1c(-c2ccc(C)c(C)c2)csc1NC(=O)c1ccc(CC)cc1. The first-order valence-corrected chi connectivity index (χ1v) is 10.6. The molecular weight excluding hydrogens is 382 g/mol. The largest absolute Gasteiger partial charge is 0.462 e. The minimum absolute atomic E-state index is 0.244. The fraction of sp³-hybridized carbons (Fsp3) is 0.250. The van der Waals surface area contributed by atoms with Crippen LogP contribution < -0.4 is 5.32 Å². The first-order valence-electron chi connectivity index (χ1n) is 9.71. The van der Waals surface area contributed by atoms with Crippen molar-refractivity contribution in [2.45, 2.75) is 34.1 Å². The van der Waals surface area contributed by atoms with E-state index in [9.17, 15) is 9.59 Å². The van der Waals surface area contributed by atoms with Crippen LogP contribution in [-0.4, -0.2) is 18.5 Å². The minimum atomic E-state index is -0.432. The number of hydrogen-bond donors (Lipinski definition) is 1. The zero-order valence-corrected chi connectivity index (χ0v) is 18.0. The maximum Gasteiger partial charge on any atom is 0.341 e. The predicted molar refractivity (Wildman–Crippen MR) is 119 cm³/mol. The molecule has 5 heteroatoms. The third-order valence-corrected chi connectivity index (χ3v) is 5.84. The van der Waals surface area contributed by atoms with Crippen LogP contribution in [0.15, 0.2) is 47.8 Å². The van der Waals surface area contributed by atoms with E-state index < -0.39 is 5.97 Å². The molecule has 29 heavy (non-hydrogen) atoms. The van der Waals surface area contributed by atoms with Gasteiger partial charge in [0.05, 0.1) is 6.61 Å². The molecule has 1 aromatic heterocycles. The zero-order chi connectivity index (χ0) is 21.0. The molecule has 1 amide bonds. The van der Waals surface area contributed by atoms with Crippen molar-refractivity contribution in [2.24, 2.45) is 0 Å². The first-order chi connectivity index (χ1) is 13.9. The molecule has 1 N–H and O–H groups in total. The number of amides is 1. The Morgan fingerprint density at radius 2 is 1.72 bits per heavy atom. The Morgan fingerprint density at radius 3 is 2.34 bits per heavy atom. The van der Waals surface area contributed by atoms with E-state index in [0.717, 1.165) is 23.1 Å². The highest BCUT2D eigenvalue weighted by Crippen LogP contribution is 2.37. The van der Waals surface area contributed by atoms with Crippen LogP contribution in [0.3, 0.4) is 0 Å². The van der Waals surface area contributed by atoms with Gasteiger partial charge in [0.1, 0.15) is 10.6 Å². The summed E-state index contributed by atoms with van der Waals surface area (Å²) in [6.45, 7) is 8.20. The summed E-state index contributed by atoms with van der Waals surface area (Å²) in [6, 6.07) is 13.6. The number of esters is 1. The van der Waals surface area contributed by atoms with Gasteiger partial charge < -0.3 is 10.1 Å². The highest BCUT2D eigenvalue weighted by molar-refractivity contribution is 7.15. The summed E-state index contributed by atoms with van der Waals surface area (Å²) in [6.07, 6.45) is 0.916.